The number of morpholine rings is 1. The molecular formula is C15H16N4O4. The first-order valence-corrected chi connectivity index (χ1v) is 7.22. The summed E-state index contributed by atoms with van der Waals surface area (Å²) in [6.45, 7) is 3.79. The lowest BCUT2D eigenvalue weighted by Gasteiger charge is -2.26. The van der Waals surface area contributed by atoms with Crippen molar-refractivity contribution in [1.82, 2.24) is 15.0 Å². The molecule has 2 aromatic heterocycles. The molecule has 1 N–H and O–H groups in total. The van der Waals surface area contributed by atoms with Gasteiger partial charge in [0.15, 0.2) is 5.82 Å². The molecule has 1 saturated heterocycles. The fourth-order valence-electron chi connectivity index (χ4n) is 2.21. The maximum Gasteiger partial charge on any atom is 0.275 e. The van der Waals surface area contributed by atoms with E-state index in [9.17, 15) is 9.59 Å². The zero-order valence-corrected chi connectivity index (χ0v) is 12.6. The fourth-order valence-corrected chi connectivity index (χ4v) is 2.21. The van der Waals surface area contributed by atoms with E-state index in [0.717, 1.165) is 0 Å². The maximum atomic E-state index is 12.4. The van der Waals surface area contributed by atoms with Gasteiger partial charge in [-0.1, -0.05) is 11.2 Å². The minimum absolute atomic E-state index is 0.143. The number of anilines is 1. The lowest BCUT2D eigenvalue weighted by Crippen LogP contribution is -2.41. The van der Waals surface area contributed by atoms with Gasteiger partial charge in [-0.2, -0.15) is 0 Å². The van der Waals surface area contributed by atoms with Gasteiger partial charge in [0.25, 0.3) is 11.8 Å². The van der Waals surface area contributed by atoms with E-state index in [1.165, 1.54) is 0 Å². The molecule has 2 amide bonds. The summed E-state index contributed by atoms with van der Waals surface area (Å²) in [5.74, 6) is 0.235. The normalized spacial score (nSPS) is 14.6. The number of nitrogens with zero attached hydrogens (tertiary/aromatic N) is 3. The number of aromatic nitrogens is 2. The van der Waals surface area contributed by atoms with Crippen molar-refractivity contribution >= 4 is 17.6 Å². The number of carbonyl (C=O) groups excluding carboxylic acids is 2. The lowest BCUT2D eigenvalue weighted by molar-refractivity contribution is 0.0299. The molecule has 3 rings (SSSR count). The highest BCUT2D eigenvalue weighted by Gasteiger charge is 2.21. The summed E-state index contributed by atoms with van der Waals surface area (Å²) in [5.41, 5.74) is 0.376. The number of ether oxygens (including phenoxy) is 1. The second kappa shape index (κ2) is 6.57. The molecule has 23 heavy (non-hydrogen) atoms. The second-order valence-corrected chi connectivity index (χ2v) is 5.09. The van der Waals surface area contributed by atoms with Crippen LogP contribution in [0.3, 0.4) is 0 Å². The molecule has 8 nitrogen and oxygen atoms in total. The Morgan fingerprint density at radius 1 is 1.22 bits per heavy atom. The van der Waals surface area contributed by atoms with Crippen LogP contribution in [0.2, 0.25) is 0 Å². The van der Waals surface area contributed by atoms with E-state index in [4.69, 9.17) is 9.26 Å². The standard InChI is InChI=1S/C15H16N4O4/c1-10-9-13(18-23-10)17-14(20)11-3-2-4-12(16-11)15(21)19-5-7-22-8-6-19/h2-4,9H,5-8H2,1H3,(H,17,18,20). The van der Waals surface area contributed by atoms with Crippen LogP contribution in [-0.4, -0.2) is 53.2 Å². The van der Waals surface area contributed by atoms with Crippen molar-refractivity contribution < 1.29 is 18.8 Å². The third kappa shape index (κ3) is 3.54. The number of aryl methyl sites for hydroxylation is 1. The van der Waals surface area contributed by atoms with Crippen molar-refractivity contribution in [3.05, 3.63) is 41.4 Å². The van der Waals surface area contributed by atoms with Gasteiger partial charge in [-0.25, -0.2) is 4.98 Å². The van der Waals surface area contributed by atoms with Gasteiger partial charge < -0.3 is 19.5 Å². The van der Waals surface area contributed by atoms with Crippen LogP contribution < -0.4 is 5.32 Å². The smallest absolute Gasteiger partial charge is 0.275 e. The molecule has 0 atom stereocenters. The van der Waals surface area contributed by atoms with Gasteiger partial charge in [0.2, 0.25) is 0 Å². The van der Waals surface area contributed by atoms with E-state index in [2.05, 4.69) is 15.5 Å². The van der Waals surface area contributed by atoms with Crippen LogP contribution in [0.5, 0.6) is 0 Å². The second-order valence-electron chi connectivity index (χ2n) is 5.09. The molecule has 0 aliphatic carbocycles. The molecule has 1 aliphatic rings. The Bertz CT molecular complexity index is 722. The largest absolute Gasteiger partial charge is 0.378 e. The molecule has 3 heterocycles. The molecule has 2 aromatic rings. The molecule has 8 heteroatoms. The summed E-state index contributed by atoms with van der Waals surface area (Å²) < 4.78 is 10.1. The molecule has 0 aromatic carbocycles. The van der Waals surface area contributed by atoms with Gasteiger partial charge >= 0.3 is 0 Å². The van der Waals surface area contributed by atoms with E-state index in [0.29, 0.717) is 37.9 Å². The third-order valence-electron chi connectivity index (χ3n) is 3.37. The molecule has 0 spiro atoms. The molecule has 0 unspecified atom stereocenters. The van der Waals surface area contributed by atoms with Crippen LogP contribution >= 0.6 is 0 Å². The summed E-state index contributed by atoms with van der Waals surface area (Å²) in [6.07, 6.45) is 0. The van der Waals surface area contributed by atoms with Gasteiger partial charge in [0, 0.05) is 19.2 Å². The van der Waals surface area contributed by atoms with Crippen LogP contribution in [-0.2, 0) is 4.74 Å². The Balaban J connectivity index is 1.73. The van der Waals surface area contributed by atoms with Crippen molar-refractivity contribution in [3.8, 4) is 0 Å². The zero-order valence-electron chi connectivity index (χ0n) is 12.6. The first kappa shape index (κ1) is 15.2. The minimum Gasteiger partial charge on any atom is -0.378 e. The Labute approximate surface area is 132 Å². The van der Waals surface area contributed by atoms with Crippen molar-refractivity contribution in [2.45, 2.75) is 6.92 Å². The average molecular weight is 316 g/mol. The summed E-state index contributed by atoms with van der Waals surface area (Å²) in [5, 5.41) is 6.26. The number of nitrogens with one attached hydrogen (secondary N) is 1. The molecule has 0 radical (unpaired) electrons. The predicted molar refractivity (Wildman–Crippen MR) is 80.2 cm³/mol. The summed E-state index contributed by atoms with van der Waals surface area (Å²) >= 11 is 0. The number of rotatable bonds is 3. The predicted octanol–water partition coefficient (Wildman–Crippen LogP) is 1.10. The highest BCUT2D eigenvalue weighted by atomic mass is 16.5. The Morgan fingerprint density at radius 3 is 2.65 bits per heavy atom. The van der Waals surface area contributed by atoms with Gasteiger partial charge in [-0.05, 0) is 19.1 Å². The first-order valence-electron chi connectivity index (χ1n) is 7.22. The topological polar surface area (TPSA) is 97.6 Å². The molecule has 1 aliphatic heterocycles. The van der Waals surface area contributed by atoms with Gasteiger partial charge in [0.05, 0.1) is 13.2 Å². The number of amides is 2. The lowest BCUT2D eigenvalue weighted by atomic mass is 10.2. The molecule has 0 saturated carbocycles. The van der Waals surface area contributed by atoms with E-state index in [1.54, 1.807) is 36.1 Å². The molecule has 120 valence electrons. The van der Waals surface area contributed by atoms with Gasteiger partial charge in [-0.15, -0.1) is 0 Å². The molecule has 0 bridgehead atoms. The SMILES string of the molecule is Cc1cc(NC(=O)c2cccc(C(=O)N3CCOCC3)n2)no1. The van der Waals surface area contributed by atoms with Gasteiger partial charge in [-0.3, -0.25) is 9.59 Å². The Morgan fingerprint density at radius 2 is 1.96 bits per heavy atom. The fraction of sp³-hybridized carbons (Fsp3) is 0.333. The van der Waals surface area contributed by atoms with Crippen LogP contribution in [0.25, 0.3) is 0 Å². The number of carbonyl (C=O) groups is 2. The third-order valence-corrected chi connectivity index (χ3v) is 3.37. The maximum absolute atomic E-state index is 12.4. The van der Waals surface area contributed by atoms with Crippen LogP contribution in [0.15, 0.2) is 28.8 Å². The van der Waals surface area contributed by atoms with E-state index in [-0.39, 0.29) is 17.3 Å². The first-order chi connectivity index (χ1) is 11.1. The van der Waals surface area contributed by atoms with E-state index >= 15 is 0 Å². The number of hydrogen-bond donors (Lipinski definition) is 1. The van der Waals surface area contributed by atoms with Crippen LogP contribution in [0.1, 0.15) is 26.7 Å². The van der Waals surface area contributed by atoms with Crippen molar-refractivity contribution in [2.24, 2.45) is 0 Å². The minimum atomic E-state index is -0.449. The summed E-state index contributed by atoms with van der Waals surface area (Å²) in [6, 6.07) is 6.36. The van der Waals surface area contributed by atoms with E-state index < -0.39 is 5.91 Å². The van der Waals surface area contributed by atoms with Gasteiger partial charge in [0.1, 0.15) is 17.1 Å². The number of pyridine rings is 1. The zero-order chi connectivity index (χ0) is 16.2. The molecular weight excluding hydrogens is 300 g/mol. The highest BCUT2D eigenvalue weighted by Crippen LogP contribution is 2.10. The summed E-state index contributed by atoms with van der Waals surface area (Å²) in [7, 11) is 0. The average Bonchev–Trinajstić information content (AvgIpc) is 3.00. The van der Waals surface area contributed by atoms with Crippen LogP contribution in [0, 0.1) is 6.92 Å². The quantitative estimate of drug-likeness (QED) is 0.910. The van der Waals surface area contributed by atoms with E-state index in [1.807, 2.05) is 0 Å². The van der Waals surface area contributed by atoms with Crippen LogP contribution in [0.4, 0.5) is 5.82 Å². The highest BCUT2D eigenvalue weighted by molar-refractivity contribution is 6.03. The Kier molecular flexibility index (Phi) is 4.33. The van der Waals surface area contributed by atoms with Crippen molar-refractivity contribution in [1.29, 1.82) is 0 Å². The van der Waals surface area contributed by atoms with Crippen molar-refractivity contribution in [2.75, 3.05) is 31.6 Å². The molecule has 1 fully saturated rings. The Hall–Kier alpha value is -2.74. The number of hydrogen-bond acceptors (Lipinski definition) is 6. The van der Waals surface area contributed by atoms with Crippen molar-refractivity contribution in [3.63, 3.8) is 0 Å². The monoisotopic (exact) mass is 316 g/mol. The summed E-state index contributed by atoms with van der Waals surface area (Å²) in [4.78, 5) is 30.4.